The van der Waals surface area contributed by atoms with Gasteiger partial charge in [0.15, 0.2) is 0 Å². The van der Waals surface area contributed by atoms with Gasteiger partial charge in [-0.2, -0.15) is 0 Å². The van der Waals surface area contributed by atoms with Gasteiger partial charge < -0.3 is 10.7 Å². The van der Waals surface area contributed by atoms with Crippen LogP contribution in [0.1, 0.15) is 17.4 Å². The molecule has 4 heteroatoms. The molecule has 2 rings (SSSR count). The highest BCUT2D eigenvalue weighted by Crippen LogP contribution is 2.16. The molecule has 0 aliphatic carbocycles. The number of nitrogens with one attached hydrogen (secondary N) is 1. The summed E-state index contributed by atoms with van der Waals surface area (Å²) in [6.45, 7) is 0. The van der Waals surface area contributed by atoms with Gasteiger partial charge in [0, 0.05) is 18.1 Å². The third kappa shape index (κ3) is 1.78. The van der Waals surface area contributed by atoms with Crippen LogP contribution in [0.25, 0.3) is 0 Å². The molecule has 0 saturated carbocycles. The van der Waals surface area contributed by atoms with Crippen molar-refractivity contribution >= 4 is 11.6 Å². The summed E-state index contributed by atoms with van der Waals surface area (Å²) >= 11 is 5.73. The summed E-state index contributed by atoms with van der Waals surface area (Å²) in [6, 6.07) is 7.23. The first-order chi connectivity index (χ1) is 6.77. The number of nitrogens with two attached hydrogens (primary N) is 1. The van der Waals surface area contributed by atoms with Gasteiger partial charge in [0.25, 0.3) is 0 Å². The number of hydrogen-bond donors (Lipinski definition) is 2. The van der Waals surface area contributed by atoms with Gasteiger partial charge in [0.2, 0.25) is 0 Å². The summed E-state index contributed by atoms with van der Waals surface area (Å²) in [4.78, 5) is 7.21. The fourth-order valence-corrected chi connectivity index (χ4v) is 1.38. The van der Waals surface area contributed by atoms with Crippen molar-refractivity contribution in [2.75, 3.05) is 0 Å². The normalized spacial score (nSPS) is 12.7. The molecular formula is C10H10ClN3. The second kappa shape index (κ2) is 3.82. The van der Waals surface area contributed by atoms with Gasteiger partial charge in [-0.1, -0.05) is 11.6 Å². The van der Waals surface area contributed by atoms with Crippen LogP contribution >= 0.6 is 11.6 Å². The maximum atomic E-state index is 5.97. The Bertz CT molecular complexity index is 394. The number of rotatable bonds is 2. The third-order valence-electron chi connectivity index (χ3n) is 2.03. The zero-order valence-electron chi connectivity index (χ0n) is 7.44. The number of hydrogen-bond acceptors (Lipinski definition) is 2. The molecule has 2 aromatic heterocycles. The average molecular weight is 208 g/mol. The Morgan fingerprint density at radius 3 is 2.79 bits per heavy atom. The molecule has 3 nitrogen and oxygen atoms in total. The monoisotopic (exact) mass is 207 g/mol. The van der Waals surface area contributed by atoms with Crippen molar-refractivity contribution in [3.05, 3.63) is 53.1 Å². The van der Waals surface area contributed by atoms with Gasteiger partial charge in [-0.15, -0.1) is 0 Å². The number of pyridine rings is 1. The van der Waals surface area contributed by atoms with E-state index in [2.05, 4.69) is 9.97 Å². The molecule has 0 spiro atoms. The van der Waals surface area contributed by atoms with Crippen LogP contribution in [-0.4, -0.2) is 9.97 Å². The third-order valence-corrected chi connectivity index (χ3v) is 2.25. The van der Waals surface area contributed by atoms with Crippen molar-refractivity contribution in [2.24, 2.45) is 5.73 Å². The molecule has 1 unspecified atom stereocenters. The standard InChI is InChI=1S/C10H10ClN3/c11-7-3-4-9(14-6-7)10(12)8-2-1-5-13-8/h1-6,10,13H,12H2. The van der Waals surface area contributed by atoms with E-state index in [1.54, 1.807) is 12.3 Å². The SMILES string of the molecule is NC(c1ccc(Cl)cn1)c1ccc[nH]1. The molecule has 1 atom stereocenters. The summed E-state index contributed by atoms with van der Waals surface area (Å²) in [6.07, 6.45) is 3.44. The molecule has 2 aromatic rings. The molecule has 72 valence electrons. The molecule has 2 heterocycles. The number of aromatic nitrogens is 2. The highest BCUT2D eigenvalue weighted by Gasteiger charge is 2.09. The minimum absolute atomic E-state index is 0.220. The molecular weight excluding hydrogens is 198 g/mol. The molecule has 0 saturated heterocycles. The maximum absolute atomic E-state index is 5.97. The zero-order valence-corrected chi connectivity index (χ0v) is 8.20. The van der Waals surface area contributed by atoms with Gasteiger partial charge in [-0.3, -0.25) is 4.98 Å². The molecule has 0 aromatic carbocycles. The first-order valence-corrected chi connectivity index (χ1v) is 4.65. The van der Waals surface area contributed by atoms with Crippen LogP contribution < -0.4 is 5.73 Å². The summed E-state index contributed by atoms with van der Waals surface area (Å²) < 4.78 is 0. The fourth-order valence-electron chi connectivity index (χ4n) is 1.27. The second-order valence-corrected chi connectivity index (χ2v) is 3.44. The van der Waals surface area contributed by atoms with Crippen LogP contribution in [0.3, 0.4) is 0 Å². The van der Waals surface area contributed by atoms with Crippen LogP contribution in [0.2, 0.25) is 5.02 Å². The molecule has 0 aliphatic rings. The lowest BCUT2D eigenvalue weighted by molar-refractivity contribution is 0.802. The lowest BCUT2D eigenvalue weighted by Gasteiger charge is -2.08. The zero-order chi connectivity index (χ0) is 9.97. The van der Waals surface area contributed by atoms with Crippen molar-refractivity contribution in [3.8, 4) is 0 Å². The first-order valence-electron chi connectivity index (χ1n) is 4.27. The van der Waals surface area contributed by atoms with Gasteiger partial charge >= 0.3 is 0 Å². The van der Waals surface area contributed by atoms with Crippen molar-refractivity contribution in [3.63, 3.8) is 0 Å². The Kier molecular flexibility index (Phi) is 2.52. The molecule has 0 fully saturated rings. The van der Waals surface area contributed by atoms with Crippen molar-refractivity contribution < 1.29 is 0 Å². The number of H-pyrrole nitrogens is 1. The molecule has 3 N–H and O–H groups in total. The fraction of sp³-hybridized carbons (Fsp3) is 0.100. The van der Waals surface area contributed by atoms with Crippen LogP contribution in [0.4, 0.5) is 0 Å². The second-order valence-electron chi connectivity index (χ2n) is 3.00. The van der Waals surface area contributed by atoms with E-state index in [1.165, 1.54) is 0 Å². The Balaban J connectivity index is 2.28. The molecule has 0 radical (unpaired) electrons. The lowest BCUT2D eigenvalue weighted by atomic mass is 10.1. The lowest BCUT2D eigenvalue weighted by Crippen LogP contribution is -2.13. The van der Waals surface area contributed by atoms with Gasteiger partial charge in [0.1, 0.15) is 0 Å². The number of halogens is 1. The molecule has 14 heavy (non-hydrogen) atoms. The highest BCUT2D eigenvalue weighted by molar-refractivity contribution is 6.30. The number of nitrogens with zero attached hydrogens (tertiary/aromatic N) is 1. The highest BCUT2D eigenvalue weighted by atomic mass is 35.5. The maximum Gasteiger partial charge on any atom is 0.0877 e. The van der Waals surface area contributed by atoms with E-state index in [1.807, 2.05) is 24.4 Å². The van der Waals surface area contributed by atoms with E-state index in [-0.39, 0.29) is 6.04 Å². The summed E-state index contributed by atoms with van der Waals surface area (Å²) in [5, 5.41) is 0.618. The quantitative estimate of drug-likeness (QED) is 0.793. The van der Waals surface area contributed by atoms with E-state index >= 15 is 0 Å². The van der Waals surface area contributed by atoms with E-state index in [0.29, 0.717) is 5.02 Å². The Labute approximate surface area is 86.9 Å². The van der Waals surface area contributed by atoms with Crippen molar-refractivity contribution in [2.45, 2.75) is 6.04 Å². The van der Waals surface area contributed by atoms with Crippen molar-refractivity contribution in [1.82, 2.24) is 9.97 Å². The summed E-state index contributed by atoms with van der Waals surface area (Å²) in [7, 11) is 0. The smallest absolute Gasteiger partial charge is 0.0877 e. The van der Waals surface area contributed by atoms with Gasteiger partial charge in [-0.25, -0.2) is 0 Å². The van der Waals surface area contributed by atoms with Crippen LogP contribution in [-0.2, 0) is 0 Å². The predicted molar refractivity (Wildman–Crippen MR) is 56.1 cm³/mol. The Hall–Kier alpha value is -1.32. The summed E-state index contributed by atoms with van der Waals surface area (Å²) in [5.41, 5.74) is 7.72. The van der Waals surface area contributed by atoms with Crippen LogP contribution in [0.15, 0.2) is 36.7 Å². The average Bonchev–Trinajstić information content (AvgIpc) is 2.71. The van der Waals surface area contributed by atoms with E-state index < -0.39 is 0 Å². The Morgan fingerprint density at radius 2 is 2.21 bits per heavy atom. The van der Waals surface area contributed by atoms with Gasteiger partial charge in [-0.05, 0) is 24.3 Å². The minimum atomic E-state index is -0.220. The minimum Gasteiger partial charge on any atom is -0.363 e. The molecule has 0 amide bonds. The van der Waals surface area contributed by atoms with E-state index in [0.717, 1.165) is 11.4 Å². The van der Waals surface area contributed by atoms with Crippen LogP contribution in [0, 0.1) is 0 Å². The topological polar surface area (TPSA) is 54.7 Å². The number of aromatic amines is 1. The van der Waals surface area contributed by atoms with E-state index in [9.17, 15) is 0 Å². The predicted octanol–water partition coefficient (Wildman–Crippen LogP) is 2.11. The van der Waals surface area contributed by atoms with Crippen molar-refractivity contribution in [1.29, 1.82) is 0 Å². The largest absolute Gasteiger partial charge is 0.363 e. The van der Waals surface area contributed by atoms with Crippen LogP contribution in [0.5, 0.6) is 0 Å². The molecule has 0 bridgehead atoms. The first kappa shape index (κ1) is 9.24. The molecule has 0 aliphatic heterocycles. The Morgan fingerprint density at radius 1 is 1.36 bits per heavy atom. The van der Waals surface area contributed by atoms with Gasteiger partial charge in [0.05, 0.1) is 16.8 Å². The summed E-state index contributed by atoms with van der Waals surface area (Å²) in [5.74, 6) is 0. The van der Waals surface area contributed by atoms with E-state index in [4.69, 9.17) is 17.3 Å².